The summed E-state index contributed by atoms with van der Waals surface area (Å²) in [4.78, 5) is 0. The van der Waals surface area contributed by atoms with Crippen LogP contribution >= 0.6 is 8.25 Å². The fourth-order valence-electron chi connectivity index (χ4n) is 0.919. The van der Waals surface area contributed by atoms with Gasteiger partial charge in [-0.05, 0) is 78.1 Å². The van der Waals surface area contributed by atoms with Crippen molar-refractivity contribution in [1.82, 2.24) is 0 Å². The van der Waals surface area contributed by atoms with Gasteiger partial charge >= 0.3 is 8.25 Å². The van der Waals surface area contributed by atoms with E-state index in [1.807, 2.05) is 64.2 Å². The van der Waals surface area contributed by atoms with Crippen molar-refractivity contribution in [1.29, 1.82) is 0 Å². The van der Waals surface area contributed by atoms with Crippen molar-refractivity contribution >= 4 is 8.25 Å². The van der Waals surface area contributed by atoms with Gasteiger partial charge in [-0.3, -0.25) is 4.57 Å². The molecule has 0 aromatic rings. The Kier molecular flexibility index (Phi) is 21.6. The van der Waals surface area contributed by atoms with Gasteiger partial charge in [-0.15, -0.1) is 0 Å². The van der Waals surface area contributed by atoms with Crippen LogP contribution in [0.2, 0.25) is 0 Å². The van der Waals surface area contributed by atoms with E-state index in [0.717, 1.165) is 0 Å². The molecule has 0 amide bonds. The van der Waals surface area contributed by atoms with E-state index in [0.29, 0.717) is 13.2 Å². The van der Waals surface area contributed by atoms with Crippen molar-refractivity contribution in [2.75, 3.05) is 13.2 Å². The summed E-state index contributed by atoms with van der Waals surface area (Å²) in [6, 6.07) is 0. The third-order valence-corrected chi connectivity index (χ3v) is 2.68. The molecule has 0 aliphatic heterocycles. The maximum Gasteiger partial charge on any atom is 0.319 e. The Morgan fingerprint density at radius 2 is 0.895 bits per heavy atom. The van der Waals surface area contributed by atoms with E-state index in [2.05, 4.69) is 9.05 Å². The van der Waals surface area contributed by atoms with Crippen LogP contribution in [0.15, 0.2) is 0 Å². The zero-order chi connectivity index (χ0) is 13.5. The molecule has 0 spiro atoms. The molecule has 2 saturated carbocycles. The molecule has 0 aromatic carbocycles. The predicted molar refractivity (Wildman–Crippen MR) is 75.3 cm³/mol. The monoisotopic (exact) mass is 324 g/mol. The second kappa shape index (κ2) is 18.7. The van der Waals surface area contributed by atoms with E-state index in [9.17, 15) is 4.57 Å². The molecular formula is C14H21FeO3P. The average molecular weight is 324 g/mol. The van der Waals surface area contributed by atoms with Crippen molar-refractivity contribution < 1.29 is 30.7 Å². The molecule has 19 heavy (non-hydrogen) atoms. The molecule has 2 rings (SSSR count). The summed E-state index contributed by atoms with van der Waals surface area (Å²) in [5.41, 5.74) is 0. The molecule has 2 aliphatic rings. The summed E-state index contributed by atoms with van der Waals surface area (Å²) in [6.07, 6.45) is 20.0. The first kappa shape index (κ1) is 22.0. The fourth-order valence-corrected chi connectivity index (χ4v) is 1.47. The standard InChI is InChI=1S/2C5H5.C4H11O3P.Fe/c2*1-2-4-5-3-1;1-3-6-8(5)7-4-2;/h2*1-5H;8H,3-4H2,1-2H3;. The van der Waals surface area contributed by atoms with E-state index in [-0.39, 0.29) is 17.1 Å². The minimum Gasteiger partial charge on any atom is -0.311 e. The molecule has 0 unspecified atom stereocenters. The Labute approximate surface area is 130 Å². The molecule has 0 bridgehead atoms. The molecule has 3 nitrogen and oxygen atoms in total. The van der Waals surface area contributed by atoms with Crippen molar-refractivity contribution in [2.45, 2.75) is 13.8 Å². The molecule has 0 N–H and O–H groups in total. The molecule has 2 aliphatic carbocycles. The van der Waals surface area contributed by atoms with Gasteiger partial charge in [0.15, 0.2) is 0 Å². The van der Waals surface area contributed by atoms with Gasteiger partial charge in [-0.25, -0.2) is 0 Å². The summed E-state index contributed by atoms with van der Waals surface area (Å²) in [5, 5.41) is 0. The number of hydrogen-bond acceptors (Lipinski definition) is 3. The van der Waals surface area contributed by atoms with Gasteiger partial charge < -0.3 is 9.05 Å². The van der Waals surface area contributed by atoms with Crippen LogP contribution in [0.25, 0.3) is 0 Å². The average Bonchev–Trinajstić information content (AvgIpc) is 3.09. The SMILES string of the molecule is CCO[PH](=O)OCC.[CH]1[CH][CH][CH][CH]1.[CH]1[CH][CH][CH][CH]1.[Fe]. The summed E-state index contributed by atoms with van der Waals surface area (Å²) in [5.74, 6) is 0. The van der Waals surface area contributed by atoms with Gasteiger partial charge in [0.1, 0.15) is 0 Å². The normalized spacial score (nSPS) is 17.0. The Balaban J connectivity index is 0. The van der Waals surface area contributed by atoms with Gasteiger partial charge in [0.2, 0.25) is 0 Å². The second-order valence-corrected chi connectivity index (χ2v) is 4.12. The van der Waals surface area contributed by atoms with Crippen molar-refractivity contribution in [2.24, 2.45) is 0 Å². The Morgan fingerprint density at radius 3 is 1.05 bits per heavy atom. The minimum atomic E-state index is -2.14. The van der Waals surface area contributed by atoms with Gasteiger partial charge in [0.05, 0.1) is 13.2 Å². The third-order valence-electron chi connectivity index (χ3n) is 1.64. The van der Waals surface area contributed by atoms with E-state index in [1.165, 1.54) is 0 Å². The van der Waals surface area contributed by atoms with E-state index >= 15 is 0 Å². The van der Waals surface area contributed by atoms with Gasteiger partial charge in [-0.1, -0.05) is 0 Å². The van der Waals surface area contributed by atoms with Gasteiger partial charge in [-0.2, -0.15) is 0 Å². The Morgan fingerprint density at radius 1 is 0.684 bits per heavy atom. The van der Waals surface area contributed by atoms with Crippen molar-refractivity contribution in [3.63, 3.8) is 0 Å². The number of hydrogen-bond donors (Lipinski definition) is 0. The van der Waals surface area contributed by atoms with Crippen LogP contribution in [-0.2, 0) is 30.7 Å². The molecular weight excluding hydrogens is 303 g/mol. The summed E-state index contributed by atoms with van der Waals surface area (Å²) in [7, 11) is -2.14. The molecule has 0 atom stereocenters. The summed E-state index contributed by atoms with van der Waals surface area (Å²) in [6.45, 7) is 4.47. The second-order valence-electron chi connectivity index (χ2n) is 3.04. The first-order valence-electron chi connectivity index (χ1n) is 5.94. The zero-order valence-electron chi connectivity index (χ0n) is 11.3. The molecule has 0 saturated heterocycles. The van der Waals surface area contributed by atoms with Crippen LogP contribution in [0.5, 0.6) is 0 Å². The minimum absolute atomic E-state index is 0. The first-order valence-corrected chi connectivity index (χ1v) is 7.16. The Hall–Kier alpha value is 0.669. The summed E-state index contributed by atoms with van der Waals surface area (Å²) >= 11 is 0. The van der Waals surface area contributed by atoms with Crippen LogP contribution < -0.4 is 0 Å². The van der Waals surface area contributed by atoms with E-state index in [4.69, 9.17) is 0 Å². The van der Waals surface area contributed by atoms with Crippen LogP contribution in [-0.4, -0.2) is 13.2 Å². The smallest absolute Gasteiger partial charge is 0.311 e. The van der Waals surface area contributed by atoms with E-state index < -0.39 is 8.25 Å². The Bertz CT molecular complexity index is 150. The molecule has 0 heterocycles. The molecule has 5 heteroatoms. The first-order chi connectivity index (χ1) is 8.81. The molecule has 0 aromatic heterocycles. The van der Waals surface area contributed by atoms with Crippen LogP contribution in [0.1, 0.15) is 13.8 Å². The largest absolute Gasteiger partial charge is 0.319 e. The van der Waals surface area contributed by atoms with Crippen molar-refractivity contribution in [3.05, 3.63) is 64.2 Å². The fraction of sp³-hybridized carbons (Fsp3) is 0.286. The topological polar surface area (TPSA) is 35.5 Å². The van der Waals surface area contributed by atoms with Crippen LogP contribution in [0, 0.1) is 64.2 Å². The van der Waals surface area contributed by atoms with Crippen molar-refractivity contribution in [3.8, 4) is 0 Å². The van der Waals surface area contributed by atoms with Crippen LogP contribution in [0.4, 0.5) is 0 Å². The maximum absolute atomic E-state index is 10.4. The molecule has 108 valence electrons. The van der Waals surface area contributed by atoms with Gasteiger partial charge in [0.25, 0.3) is 0 Å². The quantitative estimate of drug-likeness (QED) is 0.587. The third kappa shape index (κ3) is 18.7. The maximum atomic E-state index is 10.4. The molecule has 2 fully saturated rings. The van der Waals surface area contributed by atoms with E-state index in [1.54, 1.807) is 13.8 Å². The summed E-state index contributed by atoms with van der Waals surface area (Å²) < 4.78 is 19.6. The van der Waals surface area contributed by atoms with Crippen LogP contribution in [0.3, 0.4) is 0 Å². The number of rotatable bonds is 4. The predicted octanol–water partition coefficient (Wildman–Crippen LogP) is 3.49. The molecule has 10 radical (unpaired) electrons. The van der Waals surface area contributed by atoms with Gasteiger partial charge in [0, 0.05) is 17.1 Å². The zero-order valence-corrected chi connectivity index (χ0v) is 13.4.